The SMILES string of the molecule is CC(C)(C)c1ccc(-c2ccc(-c3ccccc3)c(N3c4cc(-n5c6ccccc6c6cc(C(C)(C)C)ccc65)ccc4B4c5ccc(-n6c7ccccc7c7cc(C(C)(C)C)ccc76)cc5N(c5cc(-c6ccc(C(C)(C)C)cc6)ccc5-c5ccccc5)c5cc(C(C)(C)C)cc3c54)c2)cc1. The molecule has 0 N–H and O–H groups in total. The van der Waals surface area contributed by atoms with Crippen molar-refractivity contribution >= 4 is 101 Å². The van der Waals surface area contributed by atoms with Gasteiger partial charge in [0, 0.05) is 66.8 Å². The normalized spacial score (nSPS) is 13.3. The van der Waals surface area contributed by atoms with E-state index in [1.165, 1.54) is 110 Å². The Kier molecular flexibility index (Phi) is 15.2. The van der Waals surface area contributed by atoms with E-state index in [9.17, 15) is 0 Å². The molecular formula is C98H91BN4. The molecule has 2 aromatic heterocycles. The van der Waals surface area contributed by atoms with E-state index < -0.39 is 0 Å². The highest BCUT2D eigenvalue weighted by molar-refractivity contribution is 7.00. The van der Waals surface area contributed by atoms with Gasteiger partial charge >= 0.3 is 0 Å². The third-order valence-electron chi connectivity index (χ3n) is 22.3. The third kappa shape index (κ3) is 11.1. The van der Waals surface area contributed by atoms with Crippen LogP contribution in [-0.2, 0) is 27.1 Å². The van der Waals surface area contributed by atoms with Crippen molar-refractivity contribution in [3.8, 4) is 55.9 Å². The van der Waals surface area contributed by atoms with Crippen LogP contribution in [0.3, 0.4) is 0 Å². The number of hydrogen-bond acceptors (Lipinski definition) is 2. The van der Waals surface area contributed by atoms with Gasteiger partial charge in [-0.1, -0.05) is 298 Å². The summed E-state index contributed by atoms with van der Waals surface area (Å²) in [6.45, 7) is 34.7. The molecule has 4 heterocycles. The summed E-state index contributed by atoms with van der Waals surface area (Å²) in [5.41, 5.74) is 33.0. The molecule has 17 rings (SSSR count). The molecule has 0 aliphatic carbocycles. The molecule has 5 heteroatoms. The minimum absolute atomic E-state index is 0.00544. The van der Waals surface area contributed by atoms with Crippen molar-refractivity contribution in [2.45, 2.75) is 131 Å². The molecule has 4 nitrogen and oxygen atoms in total. The Morgan fingerprint density at radius 3 is 0.942 bits per heavy atom. The third-order valence-corrected chi connectivity index (χ3v) is 22.3. The van der Waals surface area contributed by atoms with Crippen molar-refractivity contribution in [2.24, 2.45) is 0 Å². The molecule has 0 spiro atoms. The van der Waals surface area contributed by atoms with Crippen molar-refractivity contribution in [1.82, 2.24) is 9.13 Å². The summed E-state index contributed by atoms with van der Waals surface area (Å²) >= 11 is 0. The van der Waals surface area contributed by atoms with E-state index in [1.807, 2.05) is 0 Å². The minimum Gasteiger partial charge on any atom is -0.311 e. The monoisotopic (exact) mass is 1330 g/mol. The van der Waals surface area contributed by atoms with Gasteiger partial charge in [-0.3, -0.25) is 0 Å². The smallest absolute Gasteiger partial charge is 0.252 e. The first kappa shape index (κ1) is 65.4. The topological polar surface area (TPSA) is 16.3 Å². The van der Waals surface area contributed by atoms with Crippen LogP contribution >= 0.6 is 0 Å². The van der Waals surface area contributed by atoms with Gasteiger partial charge in [-0.15, -0.1) is 0 Å². The van der Waals surface area contributed by atoms with E-state index >= 15 is 0 Å². The molecule has 0 atom stereocenters. The van der Waals surface area contributed by atoms with Gasteiger partial charge in [0.2, 0.25) is 0 Å². The first-order chi connectivity index (χ1) is 49.2. The van der Waals surface area contributed by atoms with Gasteiger partial charge in [0.25, 0.3) is 6.71 Å². The van der Waals surface area contributed by atoms with Crippen LogP contribution in [0, 0.1) is 0 Å². The first-order valence-electron chi connectivity index (χ1n) is 37.0. The predicted molar refractivity (Wildman–Crippen MR) is 444 cm³/mol. The highest BCUT2D eigenvalue weighted by Gasteiger charge is 2.46. The summed E-state index contributed by atoms with van der Waals surface area (Å²) in [5.74, 6) is 0. The molecule has 0 bridgehead atoms. The zero-order chi connectivity index (χ0) is 71.4. The van der Waals surface area contributed by atoms with Crippen LogP contribution in [0.2, 0.25) is 0 Å². The zero-order valence-corrected chi connectivity index (χ0v) is 62.4. The molecule has 506 valence electrons. The average molecular weight is 1340 g/mol. The molecule has 2 aliphatic heterocycles. The number of benzene rings is 13. The van der Waals surface area contributed by atoms with E-state index in [-0.39, 0.29) is 33.8 Å². The average Bonchev–Trinajstić information content (AvgIpc) is 1.15. The number of aromatic nitrogens is 2. The fourth-order valence-corrected chi connectivity index (χ4v) is 16.5. The van der Waals surface area contributed by atoms with E-state index in [1.54, 1.807) is 0 Å². The standard InChI is InChI=1S/C98H91BN4/c1-94(2,3)68-40-34-62(35-41-68)66-38-48-75(64-26-18-16-19-27-64)87(54-66)102-89-60-73(100-83-32-24-22-30-77(83)79-56-70(96(7,8)9)44-52-85(79)100)46-50-81(89)99-82-51-47-74(101-84-33-25-23-31-78(84)80-57-71(97(10,11)12)45-53-86(80)101)61-90(82)103(92-59-72(98(13,14)15)58-91(102)93(92)99)88-55-67(39-49-76(88)65-28-20-17-21-29-65)63-36-42-69(43-37-63)95(4,5)6/h16-61H,1-15H3. The summed E-state index contributed by atoms with van der Waals surface area (Å²) in [6, 6.07) is 108. The van der Waals surface area contributed by atoms with Gasteiger partial charge in [-0.25, -0.2) is 0 Å². The second kappa shape index (κ2) is 23.9. The molecule has 0 fully saturated rings. The number of fused-ring (bicyclic) bond motifs is 10. The minimum atomic E-state index is -0.301. The number of para-hydroxylation sites is 2. The lowest BCUT2D eigenvalue weighted by Gasteiger charge is -2.46. The maximum Gasteiger partial charge on any atom is 0.252 e. The summed E-state index contributed by atoms with van der Waals surface area (Å²) < 4.78 is 5.06. The van der Waals surface area contributed by atoms with Crippen LogP contribution in [-0.4, -0.2) is 15.8 Å². The Bertz CT molecular complexity index is 5520. The Balaban J connectivity index is 1.01. The lowest BCUT2D eigenvalue weighted by Crippen LogP contribution is -2.61. The Morgan fingerprint density at radius 1 is 0.223 bits per heavy atom. The van der Waals surface area contributed by atoms with Crippen molar-refractivity contribution in [2.75, 3.05) is 9.80 Å². The summed E-state index contributed by atoms with van der Waals surface area (Å²) in [5, 5.41) is 5.01. The number of anilines is 6. The predicted octanol–water partition coefficient (Wildman–Crippen LogP) is 25.1. The second-order valence-corrected chi connectivity index (χ2v) is 34.3. The van der Waals surface area contributed by atoms with Crippen molar-refractivity contribution in [1.29, 1.82) is 0 Å². The van der Waals surface area contributed by atoms with Gasteiger partial charge in [-0.2, -0.15) is 0 Å². The molecule has 2 aliphatic rings. The Labute approximate surface area is 609 Å². The number of hydrogen-bond donors (Lipinski definition) is 0. The molecule has 13 aromatic carbocycles. The van der Waals surface area contributed by atoms with Crippen molar-refractivity contribution < 1.29 is 0 Å². The Morgan fingerprint density at radius 2 is 0.563 bits per heavy atom. The molecule has 0 saturated heterocycles. The number of rotatable bonds is 8. The summed E-state index contributed by atoms with van der Waals surface area (Å²) in [6.07, 6.45) is 0. The van der Waals surface area contributed by atoms with E-state index in [2.05, 4.69) is 402 Å². The molecular weight excluding hydrogens is 1240 g/mol. The zero-order valence-electron chi connectivity index (χ0n) is 62.4. The van der Waals surface area contributed by atoms with Gasteiger partial charge in [0.05, 0.1) is 33.4 Å². The van der Waals surface area contributed by atoms with E-state index in [4.69, 9.17) is 0 Å². The fourth-order valence-electron chi connectivity index (χ4n) is 16.5. The molecule has 0 saturated carbocycles. The molecule has 0 amide bonds. The molecule has 103 heavy (non-hydrogen) atoms. The van der Waals surface area contributed by atoms with Crippen LogP contribution in [0.1, 0.15) is 132 Å². The van der Waals surface area contributed by atoms with Crippen LogP contribution in [0.5, 0.6) is 0 Å². The van der Waals surface area contributed by atoms with E-state index in [0.717, 1.165) is 67.5 Å². The Hall–Kier alpha value is -10.9. The van der Waals surface area contributed by atoms with Gasteiger partial charge < -0.3 is 18.9 Å². The van der Waals surface area contributed by atoms with Gasteiger partial charge in [-0.05, 0) is 190 Å². The molecule has 15 aromatic rings. The maximum atomic E-state index is 2.69. The second-order valence-electron chi connectivity index (χ2n) is 34.3. The lowest BCUT2D eigenvalue weighted by atomic mass is 9.33. The number of nitrogens with zero attached hydrogens (tertiary/aromatic N) is 4. The maximum absolute atomic E-state index is 2.69. The van der Waals surface area contributed by atoms with E-state index in [0.29, 0.717) is 0 Å². The molecule has 0 unspecified atom stereocenters. The van der Waals surface area contributed by atoms with Crippen molar-refractivity contribution in [3.63, 3.8) is 0 Å². The lowest BCUT2D eigenvalue weighted by molar-refractivity contribution is 0.590. The van der Waals surface area contributed by atoms with Crippen LogP contribution < -0.4 is 26.2 Å². The van der Waals surface area contributed by atoms with Crippen LogP contribution in [0.15, 0.2) is 279 Å². The largest absolute Gasteiger partial charge is 0.311 e. The molecule has 0 radical (unpaired) electrons. The highest BCUT2D eigenvalue weighted by Crippen LogP contribution is 2.53. The van der Waals surface area contributed by atoms with Gasteiger partial charge in [0.1, 0.15) is 0 Å². The fraction of sp³-hybridized carbons (Fsp3) is 0.204. The van der Waals surface area contributed by atoms with Gasteiger partial charge in [0.15, 0.2) is 0 Å². The first-order valence-corrected chi connectivity index (χ1v) is 37.0. The summed E-state index contributed by atoms with van der Waals surface area (Å²) in [4.78, 5) is 5.38. The highest BCUT2D eigenvalue weighted by atomic mass is 15.2. The van der Waals surface area contributed by atoms with Crippen molar-refractivity contribution in [3.05, 3.63) is 307 Å². The van der Waals surface area contributed by atoms with Crippen LogP contribution in [0.4, 0.5) is 34.1 Å². The quantitative estimate of drug-likeness (QED) is 0.141. The summed E-state index contributed by atoms with van der Waals surface area (Å²) in [7, 11) is 0. The van der Waals surface area contributed by atoms with Crippen LogP contribution in [0.25, 0.3) is 99.5 Å².